The Hall–Kier alpha value is -1.39. The number of anilines is 1. The Morgan fingerprint density at radius 3 is 2.76 bits per heavy atom. The van der Waals surface area contributed by atoms with Gasteiger partial charge in [-0.2, -0.15) is 0 Å². The highest BCUT2D eigenvalue weighted by Gasteiger charge is 2.22. The molecule has 0 saturated carbocycles. The third-order valence-corrected chi connectivity index (χ3v) is 3.99. The second-order valence-corrected chi connectivity index (χ2v) is 6.87. The minimum atomic E-state index is 0.0200. The van der Waals surface area contributed by atoms with Crippen LogP contribution in [0.2, 0.25) is 0 Å². The Bertz CT molecular complexity index is 493. The Morgan fingerprint density at radius 1 is 1.38 bits per heavy atom. The highest BCUT2D eigenvalue weighted by atomic mass is 16.2. The van der Waals surface area contributed by atoms with Gasteiger partial charge in [-0.15, -0.1) is 0 Å². The Kier molecular flexibility index (Phi) is 5.01. The minimum Gasteiger partial charge on any atom is -0.325 e. The summed E-state index contributed by atoms with van der Waals surface area (Å²) in [7, 11) is 0. The largest absolute Gasteiger partial charge is 0.325 e. The van der Waals surface area contributed by atoms with Crippen LogP contribution in [0.1, 0.15) is 33.3 Å². The number of hydrogen-bond donors (Lipinski definition) is 2. The van der Waals surface area contributed by atoms with Gasteiger partial charge >= 0.3 is 0 Å². The van der Waals surface area contributed by atoms with Gasteiger partial charge in [0.15, 0.2) is 0 Å². The molecule has 21 heavy (non-hydrogen) atoms. The van der Waals surface area contributed by atoms with E-state index in [0.29, 0.717) is 12.6 Å². The molecule has 0 aliphatic carbocycles. The molecule has 1 atom stereocenters. The topological polar surface area (TPSA) is 44.4 Å². The van der Waals surface area contributed by atoms with Gasteiger partial charge in [0.2, 0.25) is 5.91 Å². The van der Waals surface area contributed by atoms with Gasteiger partial charge in [-0.25, -0.2) is 0 Å². The molecule has 2 N–H and O–H groups in total. The molecule has 0 spiro atoms. The van der Waals surface area contributed by atoms with E-state index in [9.17, 15) is 4.79 Å². The van der Waals surface area contributed by atoms with Crippen molar-refractivity contribution in [2.75, 3.05) is 31.5 Å². The molecule has 1 aromatic carbocycles. The first kappa shape index (κ1) is 16.0. The van der Waals surface area contributed by atoms with E-state index < -0.39 is 0 Å². The van der Waals surface area contributed by atoms with Crippen LogP contribution >= 0.6 is 0 Å². The van der Waals surface area contributed by atoms with Gasteiger partial charge in [0.1, 0.15) is 0 Å². The lowest BCUT2D eigenvalue weighted by Gasteiger charge is -2.33. The first-order valence-corrected chi connectivity index (χ1v) is 7.72. The summed E-state index contributed by atoms with van der Waals surface area (Å²) in [5.74, 6) is 0.0699. The molecule has 1 heterocycles. The minimum absolute atomic E-state index is 0.0200. The van der Waals surface area contributed by atoms with Crippen molar-refractivity contribution in [1.29, 1.82) is 0 Å². The van der Waals surface area contributed by atoms with Crippen LogP contribution in [0.25, 0.3) is 0 Å². The van der Waals surface area contributed by atoms with Crippen LogP contribution in [-0.4, -0.2) is 43.0 Å². The van der Waals surface area contributed by atoms with Crippen LogP contribution in [0.15, 0.2) is 24.3 Å². The third-order valence-electron chi connectivity index (χ3n) is 3.99. The Labute approximate surface area is 127 Å². The van der Waals surface area contributed by atoms with Crippen molar-refractivity contribution >= 4 is 11.6 Å². The summed E-state index contributed by atoms with van der Waals surface area (Å²) in [6, 6.07) is 8.47. The fourth-order valence-electron chi connectivity index (χ4n) is 2.74. The molecule has 0 aromatic heterocycles. The summed E-state index contributed by atoms with van der Waals surface area (Å²) in [5, 5.41) is 6.43. The summed E-state index contributed by atoms with van der Waals surface area (Å²) in [6.45, 7) is 11.9. The van der Waals surface area contributed by atoms with Crippen molar-refractivity contribution in [3.63, 3.8) is 0 Å². The molecule has 1 fully saturated rings. The van der Waals surface area contributed by atoms with Gasteiger partial charge in [0, 0.05) is 31.4 Å². The molecule has 1 aliphatic rings. The fourth-order valence-corrected chi connectivity index (χ4v) is 2.74. The predicted octanol–water partition coefficient (Wildman–Crippen LogP) is 2.22. The lowest BCUT2D eigenvalue weighted by Crippen LogP contribution is -2.52. The van der Waals surface area contributed by atoms with Crippen LogP contribution in [0.3, 0.4) is 0 Å². The second kappa shape index (κ2) is 6.58. The number of para-hydroxylation sites is 1. The van der Waals surface area contributed by atoms with Crippen molar-refractivity contribution in [2.45, 2.75) is 39.2 Å². The van der Waals surface area contributed by atoms with Crippen LogP contribution in [-0.2, 0) is 10.2 Å². The number of hydrogen-bond acceptors (Lipinski definition) is 3. The molecule has 0 unspecified atom stereocenters. The molecule has 1 aromatic rings. The molecule has 2 rings (SSSR count). The Balaban J connectivity index is 2.03. The molecule has 4 nitrogen and oxygen atoms in total. The number of nitrogens with one attached hydrogen (secondary N) is 2. The van der Waals surface area contributed by atoms with Crippen LogP contribution in [0.4, 0.5) is 5.69 Å². The number of carbonyl (C=O) groups is 1. The van der Waals surface area contributed by atoms with Crippen LogP contribution in [0, 0.1) is 0 Å². The van der Waals surface area contributed by atoms with E-state index >= 15 is 0 Å². The molecule has 0 radical (unpaired) electrons. The summed E-state index contributed by atoms with van der Waals surface area (Å²) in [6.07, 6.45) is 0. The van der Waals surface area contributed by atoms with Crippen LogP contribution in [0.5, 0.6) is 0 Å². The molecule has 0 bridgehead atoms. The van der Waals surface area contributed by atoms with E-state index in [2.05, 4.69) is 49.3 Å². The van der Waals surface area contributed by atoms with E-state index in [-0.39, 0.29) is 11.3 Å². The smallest absolute Gasteiger partial charge is 0.238 e. The highest BCUT2D eigenvalue weighted by molar-refractivity contribution is 5.93. The maximum Gasteiger partial charge on any atom is 0.238 e. The number of benzene rings is 1. The van der Waals surface area contributed by atoms with Crippen LogP contribution < -0.4 is 10.6 Å². The van der Waals surface area contributed by atoms with Gasteiger partial charge in [-0.3, -0.25) is 9.69 Å². The first-order chi connectivity index (χ1) is 9.88. The number of amides is 1. The normalized spacial score (nSPS) is 20.3. The van der Waals surface area contributed by atoms with E-state index in [1.54, 1.807) is 0 Å². The number of nitrogens with zero attached hydrogens (tertiary/aromatic N) is 1. The molecular formula is C17H27N3O. The van der Waals surface area contributed by atoms with E-state index in [1.165, 1.54) is 5.56 Å². The molecule has 1 amide bonds. The summed E-state index contributed by atoms with van der Waals surface area (Å²) >= 11 is 0. The Morgan fingerprint density at radius 2 is 2.10 bits per heavy atom. The van der Waals surface area contributed by atoms with Gasteiger partial charge in [0.05, 0.1) is 6.54 Å². The zero-order valence-electron chi connectivity index (χ0n) is 13.6. The monoisotopic (exact) mass is 289 g/mol. The maximum atomic E-state index is 12.3. The molecule has 4 heteroatoms. The van der Waals surface area contributed by atoms with Crippen molar-refractivity contribution in [3.8, 4) is 0 Å². The molecule has 116 valence electrons. The zero-order chi connectivity index (χ0) is 15.5. The summed E-state index contributed by atoms with van der Waals surface area (Å²) < 4.78 is 0. The first-order valence-electron chi connectivity index (χ1n) is 7.72. The van der Waals surface area contributed by atoms with Crippen molar-refractivity contribution in [3.05, 3.63) is 29.8 Å². The average molecular weight is 289 g/mol. The van der Waals surface area contributed by atoms with Gasteiger partial charge in [0.25, 0.3) is 0 Å². The molecule has 1 aliphatic heterocycles. The quantitative estimate of drug-likeness (QED) is 0.897. The van der Waals surface area contributed by atoms with E-state index in [1.807, 2.05) is 18.2 Å². The predicted molar refractivity (Wildman–Crippen MR) is 87.7 cm³/mol. The van der Waals surface area contributed by atoms with Crippen molar-refractivity contribution in [1.82, 2.24) is 10.2 Å². The summed E-state index contributed by atoms with van der Waals surface area (Å²) in [4.78, 5) is 14.6. The fraction of sp³-hybridized carbons (Fsp3) is 0.588. The highest BCUT2D eigenvalue weighted by Crippen LogP contribution is 2.29. The summed E-state index contributed by atoms with van der Waals surface area (Å²) in [5.41, 5.74) is 2.12. The molecular weight excluding hydrogens is 262 g/mol. The lowest BCUT2D eigenvalue weighted by molar-refractivity contribution is -0.118. The average Bonchev–Trinajstić information content (AvgIpc) is 2.41. The maximum absolute atomic E-state index is 12.3. The molecule has 1 saturated heterocycles. The number of carbonyl (C=O) groups excluding carboxylic acids is 1. The van der Waals surface area contributed by atoms with Crippen molar-refractivity contribution in [2.24, 2.45) is 0 Å². The lowest BCUT2D eigenvalue weighted by atomic mass is 9.86. The van der Waals surface area contributed by atoms with Crippen molar-refractivity contribution < 1.29 is 4.79 Å². The van der Waals surface area contributed by atoms with E-state index in [0.717, 1.165) is 25.3 Å². The number of piperazine rings is 1. The second-order valence-electron chi connectivity index (χ2n) is 6.87. The van der Waals surface area contributed by atoms with Gasteiger partial charge in [-0.05, 0) is 24.0 Å². The standard InChI is InChI=1S/C17H27N3O/c1-13-11-18-9-10-20(13)12-16(21)19-15-8-6-5-7-14(15)17(2,3)4/h5-8,13,18H,9-12H2,1-4H3,(H,19,21)/t13-/m0/s1. The van der Waals surface area contributed by atoms with Gasteiger partial charge in [-0.1, -0.05) is 39.0 Å². The van der Waals surface area contributed by atoms with E-state index in [4.69, 9.17) is 0 Å². The number of rotatable bonds is 3. The SMILES string of the molecule is C[C@H]1CNCCN1CC(=O)Nc1ccccc1C(C)(C)C. The zero-order valence-corrected chi connectivity index (χ0v) is 13.6. The third kappa shape index (κ3) is 4.29. The van der Waals surface area contributed by atoms with Gasteiger partial charge < -0.3 is 10.6 Å².